The van der Waals surface area contributed by atoms with Crippen LogP contribution in [0.5, 0.6) is 0 Å². The van der Waals surface area contributed by atoms with Crippen LogP contribution in [0.1, 0.15) is 5.56 Å². The normalized spacial score (nSPS) is 11.4. The van der Waals surface area contributed by atoms with Crippen LogP contribution in [0.4, 0.5) is 8.78 Å². The van der Waals surface area contributed by atoms with Gasteiger partial charge in [0.25, 0.3) is 0 Å². The molecule has 8 heteroatoms. The van der Waals surface area contributed by atoms with Gasteiger partial charge >= 0.3 is 0 Å². The fourth-order valence-corrected chi connectivity index (χ4v) is 3.41. The van der Waals surface area contributed by atoms with Gasteiger partial charge in [0.05, 0.1) is 5.69 Å². The molecule has 128 valence electrons. The van der Waals surface area contributed by atoms with E-state index in [4.69, 9.17) is 0 Å². The number of halogens is 2. The van der Waals surface area contributed by atoms with Crippen molar-refractivity contribution in [2.24, 2.45) is 0 Å². The molecule has 0 aliphatic heterocycles. The van der Waals surface area contributed by atoms with Crippen LogP contribution in [-0.2, 0) is 16.6 Å². The first-order valence-corrected chi connectivity index (χ1v) is 8.75. The van der Waals surface area contributed by atoms with E-state index in [2.05, 4.69) is 14.7 Å². The largest absolute Gasteiger partial charge is 0.265 e. The molecular formula is C17H13F2N3O2S. The van der Waals surface area contributed by atoms with Gasteiger partial charge in [0, 0.05) is 30.7 Å². The third-order valence-electron chi connectivity index (χ3n) is 3.45. The van der Waals surface area contributed by atoms with Gasteiger partial charge < -0.3 is 0 Å². The molecule has 5 nitrogen and oxygen atoms in total. The quantitative estimate of drug-likeness (QED) is 0.758. The van der Waals surface area contributed by atoms with Crippen LogP contribution in [0.25, 0.3) is 11.3 Å². The molecule has 3 rings (SSSR count). The Kier molecular flexibility index (Phi) is 4.82. The van der Waals surface area contributed by atoms with Gasteiger partial charge in [0.2, 0.25) is 10.0 Å². The molecule has 3 aromatic rings. The van der Waals surface area contributed by atoms with E-state index in [0.29, 0.717) is 11.3 Å². The molecule has 2 aromatic heterocycles. The minimum Gasteiger partial charge on any atom is -0.265 e. The molecule has 0 aliphatic rings. The van der Waals surface area contributed by atoms with Gasteiger partial charge in [-0.1, -0.05) is 6.07 Å². The summed E-state index contributed by atoms with van der Waals surface area (Å²) >= 11 is 0. The number of aromatic nitrogens is 2. The maximum atomic E-state index is 13.7. The Labute approximate surface area is 143 Å². The summed E-state index contributed by atoms with van der Waals surface area (Å²) in [5, 5.41) is 0. The molecule has 2 heterocycles. The molecule has 0 radical (unpaired) electrons. The maximum Gasteiger partial charge on any atom is 0.246 e. The van der Waals surface area contributed by atoms with Crippen LogP contribution in [0.2, 0.25) is 0 Å². The van der Waals surface area contributed by atoms with Crippen LogP contribution >= 0.6 is 0 Å². The SMILES string of the molecule is O=S(=O)(NCc1ccnc(-c2ccncc2)c1)c1c(F)cccc1F. The molecule has 0 saturated heterocycles. The Morgan fingerprint density at radius 3 is 2.32 bits per heavy atom. The lowest BCUT2D eigenvalue weighted by molar-refractivity contribution is 0.514. The third-order valence-corrected chi connectivity index (χ3v) is 4.91. The molecule has 1 aromatic carbocycles. The van der Waals surface area contributed by atoms with Crippen LogP contribution in [0.3, 0.4) is 0 Å². The van der Waals surface area contributed by atoms with E-state index >= 15 is 0 Å². The Bertz CT molecular complexity index is 976. The van der Waals surface area contributed by atoms with Crippen molar-refractivity contribution in [2.45, 2.75) is 11.4 Å². The Morgan fingerprint density at radius 1 is 0.960 bits per heavy atom. The number of hydrogen-bond acceptors (Lipinski definition) is 4. The highest BCUT2D eigenvalue weighted by molar-refractivity contribution is 7.89. The smallest absolute Gasteiger partial charge is 0.246 e. The highest BCUT2D eigenvalue weighted by Crippen LogP contribution is 2.19. The lowest BCUT2D eigenvalue weighted by Crippen LogP contribution is -2.25. The second kappa shape index (κ2) is 7.04. The summed E-state index contributed by atoms with van der Waals surface area (Å²) in [5.74, 6) is -2.28. The Hall–Kier alpha value is -2.71. The van der Waals surface area contributed by atoms with Gasteiger partial charge in [-0.2, -0.15) is 0 Å². The minimum atomic E-state index is -4.33. The van der Waals surface area contributed by atoms with Crippen LogP contribution in [0.15, 0.2) is 66.0 Å². The number of pyridine rings is 2. The van der Waals surface area contributed by atoms with Gasteiger partial charge in [-0.25, -0.2) is 21.9 Å². The fraction of sp³-hybridized carbons (Fsp3) is 0.0588. The molecule has 0 aliphatic carbocycles. The predicted octanol–water partition coefficient (Wildman–Crippen LogP) is 2.90. The zero-order chi connectivity index (χ0) is 17.9. The Balaban J connectivity index is 1.82. The average molecular weight is 361 g/mol. The molecule has 1 N–H and O–H groups in total. The predicted molar refractivity (Wildman–Crippen MR) is 87.9 cm³/mol. The fourth-order valence-electron chi connectivity index (χ4n) is 2.25. The van der Waals surface area contributed by atoms with Gasteiger partial charge in [-0.15, -0.1) is 0 Å². The van der Waals surface area contributed by atoms with E-state index in [-0.39, 0.29) is 6.54 Å². The lowest BCUT2D eigenvalue weighted by atomic mass is 10.1. The van der Waals surface area contributed by atoms with Crippen molar-refractivity contribution >= 4 is 10.0 Å². The van der Waals surface area contributed by atoms with Crippen molar-refractivity contribution in [3.05, 3.63) is 78.3 Å². The Morgan fingerprint density at radius 2 is 1.64 bits per heavy atom. The molecule has 0 amide bonds. The maximum absolute atomic E-state index is 13.7. The average Bonchev–Trinajstić information content (AvgIpc) is 2.61. The first-order valence-electron chi connectivity index (χ1n) is 7.26. The second-order valence-corrected chi connectivity index (χ2v) is 6.86. The first-order chi connectivity index (χ1) is 12.0. The topological polar surface area (TPSA) is 72.0 Å². The summed E-state index contributed by atoms with van der Waals surface area (Å²) < 4.78 is 53.9. The van der Waals surface area contributed by atoms with Crippen LogP contribution in [-0.4, -0.2) is 18.4 Å². The van der Waals surface area contributed by atoms with E-state index in [1.54, 1.807) is 36.7 Å². The standard InChI is InChI=1S/C17H13F2N3O2S/c18-14-2-1-3-15(19)17(14)25(23,24)22-11-12-4-9-21-16(10-12)13-5-7-20-8-6-13/h1-10,22H,11H2. The molecule has 0 saturated carbocycles. The van der Waals surface area contributed by atoms with E-state index in [9.17, 15) is 17.2 Å². The van der Waals surface area contributed by atoms with Crippen molar-refractivity contribution in [3.63, 3.8) is 0 Å². The molecule has 0 atom stereocenters. The minimum absolute atomic E-state index is 0.128. The number of rotatable bonds is 5. The summed E-state index contributed by atoms with van der Waals surface area (Å²) in [6, 6.07) is 9.74. The van der Waals surface area contributed by atoms with Crippen molar-refractivity contribution < 1.29 is 17.2 Å². The number of nitrogens with zero attached hydrogens (tertiary/aromatic N) is 2. The summed E-state index contributed by atoms with van der Waals surface area (Å²) in [6.07, 6.45) is 4.77. The number of nitrogens with one attached hydrogen (secondary N) is 1. The lowest BCUT2D eigenvalue weighted by Gasteiger charge is -2.09. The van der Waals surface area contributed by atoms with Crippen molar-refractivity contribution in [3.8, 4) is 11.3 Å². The van der Waals surface area contributed by atoms with E-state index in [1.807, 2.05) is 0 Å². The summed E-state index contributed by atoms with van der Waals surface area (Å²) in [6.45, 7) is -0.128. The number of hydrogen-bond donors (Lipinski definition) is 1. The highest BCUT2D eigenvalue weighted by Gasteiger charge is 2.23. The third kappa shape index (κ3) is 3.86. The molecule has 25 heavy (non-hydrogen) atoms. The molecule has 0 unspecified atom stereocenters. The summed E-state index contributed by atoms with van der Waals surface area (Å²) in [4.78, 5) is 7.15. The zero-order valence-corrected chi connectivity index (χ0v) is 13.7. The van der Waals surface area contributed by atoms with Gasteiger partial charge in [-0.3, -0.25) is 9.97 Å². The zero-order valence-electron chi connectivity index (χ0n) is 12.9. The second-order valence-electron chi connectivity index (χ2n) is 5.16. The van der Waals surface area contributed by atoms with Gasteiger partial charge in [0.1, 0.15) is 11.6 Å². The van der Waals surface area contributed by atoms with E-state index in [0.717, 1.165) is 23.8 Å². The van der Waals surface area contributed by atoms with Crippen LogP contribution < -0.4 is 4.72 Å². The summed E-state index contributed by atoms with van der Waals surface area (Å²) in [7, 11) is -4.33. The molecule has 0 bridgehead atoms. The van der Waals surface area contributed by atoms with Crippen LogP contribution in [0, 0.1) is 11.6 Å². The van der Waals surface area contributed by atoms with E-state index in [1.165, 1.54) is 6.20 Å². The number of benzene rings is 1. The van der Waals surface area contributed by atoms with Crippen molar-refractivity contribution in [1.82, 2.24) is 14.7 Å². The van der Waals surface area contributed by atoms with Gasteiger partial charge in [0.15, 0.2) is 4.90 Å². The first kappa shape index (κ1) is 17.1. The van der Waals surface area contributed by atoms with Crippen molar-refractivity contribution in [2.75, 3.05) is 0 Å². The summed E-state index contributed by atoms with van der Waals surface area (Å²) in [5.41, 5.74) is 2.05. The molecule has 0 fully saturated rings. The monoisotopic (exact) mass is 361 g/mol. The highest BCUT2D eigenvalue weighted by atomic mass is 32.2. The molecular weight excluding hydrogens is 348 g/mol. The van der Waals surface area contributed by atoms with E-state index < -0.39 is 26.6 Å². The van der Waals surface area contributed by atoms with Crippen molar-refractivity contribution in [1.29, 1.82) is 0 Å². The molecule has 0 spiro atoms. The van der Waals surface area contributed by atoms with Gasteiger partial charge in [-0.05, 0) is 42.0 Å². The number of sulfonamides is 1.